The van der Waals surface area contributed by atoms with Crippen LogP contribution in [-0.2, 0) is 21.4 Å². The average Bonchev–Trinajstić information content (AvgIpc) is 3.03. The number of carbonyl (C=O) groups is 1. The van der Waals surface area contributed by atoms with Crippen molar-refractivity contribution >= 4 is 55.4 Å². The molecule has 13 heteroatoms. The fourth-order valence-corrected chi connectivity index (χ4v) is 6.28. The largest absolute Gasteiger partial charge is 0.493 e. The van der Waals surface area contributed by atoms with Crippen molar-refractivity contribution in [2.75, 3.05) is 32.2 Å². The Labute approximate surface area is 269 Å². The molecule has 10 nitrogen and oxygen atoms in total. The van der Waals surface area contributed by atoms with E-state index in [0.717, 1.165) is 9.87 Å². The Morgan fingerprint density at radius 1 is 0.909 bits per heavy atom. The van der Waals surface area contributed by atoms with Crippen molar-refractivity contribution in [2.45, 2.75) is 11.5 Å². The summed E-state index contributed by atoms with van der Waals surface area (Å²) in [5.74, 6) is 0.916. The molecule has 0 heterocycles. The van der Waals surface area contributed by atoms with E-state index >= 15 is 0 Å². The van der Waals surface area contributed by atoms with Gasteiger partial charge in [-0.25, -0.2) is 13.8 Å². The van der Waals surface area contributed by atoms with E-state index in [0.29, 0.717) is 38.1 Å². The molecule has 0 radical (unpaired) electrons. The number of sulfonamides is 1. The van der Waals surface area contributed by atoms with Gasteiger partial charge in [-0.15, -0.1) is 0 Å². The van der Waals surface area contributed by atoms with Gasteiger partial charge in [0.1, 0.15) is 13.2 Å². The summed E-state index contributed by atoms with van der Waals surface area (Å²) in [6.45, 7) is -0.341. The van der Waals surface area contributed by atoms with E-state index in [1.165, 1.54) is 51.8 Å². The number of amides is 1. The normalized spacial score (nSPS) is 11.2. The van der Waals surface area contributed by atoms with Gasteiger partial charge >= 0.3 is 0 Å². The van der Waals surface area contributed by atoms with Crippen LogP contribution in [0.3, 0.4) is 0 Å². The molecule has 4 rings (SSSR count). The van der Waals surface area contributed by atoms with Gasteiger partial charge in [-0.1, -0.05) is 48.0 Å². The highest BCUT2D eigenvalue weighted by Gasteiger charge is 2.28. The zero-order chi connectivity index (χ0) is 31.7. The van der Waals surface area contributed by atoms with E-state index < -0.39 is 22.5 Å². The molecule has 1 amide bonds. The number of hydrogen-bond donors (Lipinski definition) is 1. The number of nitrogens with one attached hydrogen (secondary N) is 1. The number of hydrazone groups is 1. The van der Waals surface area contributed by atoms with Crippen molar-refractivity contribution in [3.05, 3.63) is 106 Å². The van der Waals surface area contributed by atoms with Gasteiger partial charge in [-0.3, -0.25) is 9.10 Å². The number of methoxy groups -OCH3 is 3. The van der Waals surface area contributed by atoms with Gasteiger partial charge in [0.25, 0.3) is 15.9 Å². The van der Waals surface area contributed by atoms with E-state index in [2.05, 4.69) is 26.5 Å². The van der Waals surface area contributed by atoms with Crippen LogP contribution in [0.1, 0.15) is 11.1 Å². The summed E-state index contributed by atoms with van der Waals surface area (Å²) >= 11 is 9.73. The van der Waals surface area contributed by atoms with Crippen LogP contribution in [0, 0.1) is 0 Å². The van der Waals surface area contributed by atoms with Crippen LogP contribution in [0.4, 0.5) is 5.69 Å². The second-order valence-corrected chi connectivity index (χ2v) is 12.2. The lowest BCUT2D eigenvalue weighted by Gasteiger charge is -2.24. The van der Waals surface area contributed by atoms with Crippen molar-refractivity contribution in [3.63, 3.8) is 0 Å². The first-order valence-electron chi connectivity index (χ1n) is 13.0. The van der Waals surface area contributed by atoms with Crippen LogP contribution >= 0.6 is 27.5 Å². The summed E-state index contributed by atoms with van der Waals surface area (Å²) in [4.78, 5) is 13.0. The van der Waals surface area contributed by atoms with Gasteiger partial charge in [-0.2, -0.15) is 5.10 Å². The minimum absolute atomic E-state index is 0.0138. The number of nitrogens with zero attached hydrogens (tertiary/aromatic N) is 2. The SMILES string of the molecule is COc1ccc(N(CC(=O)N/N=C/c2cc(Br)c(OCc3ccccc3Cl)c(OC)c2)S(=O)(=O)c2ccccc2)cc1OC. The third kappa shape index (κ3) is 7.81. The second-order valence-electron chi connectivity index (χ2n) is 9.07. The van der Waals surface area contributed by atoms with Gasteiger partial charge in [-0.05, 0) is 64.0 Å². The quantitative estimate of drug-likeness (QED) is 0.133. The molecule has 0 saturated carbocycles. The highest BCUT2D eigenvalue weighted by atomic mass is 79.9. The first kappa shape index (κ1) is 32.6. The molecule has 0 aliphatic carbocycles. The minimum Gasteiger partial charge on any atom is -0.493 e. The maximum atomic E-state index is 13.6. The number of hydrogen-bond acceptors (Lipinski definition) is 8. The predicted octanol–water partition coefficient (Wildman–Crippen LogP) is 6.05. The van der Waals surface area contributed by atoms with Crippen LogP contribution in [0.2, 0.25) is 5.02 Å². The zero-order valence-corrected chi connectivity index (χ0v) is 27.1. The topological polar surface area (TPSA) is 116 Å². The lowest BCUT2D eigenvalue weighted by Crippen LogP contribution is -2.39. The second kappa shape index (κ2) is 15.0. The summed E-state index contributed by atoms with van der Waals surface area (Å²) in [6.07, 6.45) is 1.40. The molecule has 0 saturated heterocycles. The van der Waals surface area contributed by atoms with E-state index in [-0.39, 0.29) is 17.2 Å². The fourth-order valence-electron chi connectivity index (χ4n) is 4.08. The van der Waals surface area contributed by atoms with E-state index in [1.54, 1.807) is 42.5 Å². The Balaban J connectivity index is 1.52. The molecular formula is C31H29BrClN3O7S. The molecule has 0 fully saturated rings. The molecule has 4 aromatic rings. The highest BCUT2D eigenvalue weighted by Crippen LogP contribution is 2.37. The standard InChI is InChI=1S/C31H29BrClN3O7S/c1-40-27-14-13-23(17-28(27)41-2)36(44(38,39)24-10-5-4-6-11-24)19-30(37)35-34-18-21-15-25(32)31(29(16-21)42-3)43-20-22-9-7-8-12-26(22)33/h4-18H,19-20H2,1-3H3,(H,35,37)/b34-18+. The molecule has 230 valence electrons. The number of ether oxygens (including phenoxy) is 4. The minimum atomic E-state index is -4.14. The molecule has 1 N–H and O–H groups in total. The predicted molar refractivity (Wildman–Crippen MR) is 173 cm³/mol. The van der Waals surface area contributed by atoms with Gasteiger partial charge in [0.15, 0.2) is 23.0 Å². The molecule has 0 aliphatic heterocycles. The molecule has 4 aromatic carbocycles. The van der Waals surface area contributed by atoms with Gasteiger partial charge in [0.05, 0.1) is 42.6 Å². The average molecular weight is 703 g/mol. The van der Waals surface area contributed by atoms with E-state index in [9.17, 15) is 13.2 Å². The first-order valence-corrected chi connectivity index (χ1v) is 15.6. The summed E-state index contributed by atoms with van der Waals surface area (Å²) in [6, 6.07) is 23.1. The lowest BCUT2D eigenvalue weighted by molar-refractivity contribution is -0.119. The van der Waals surface area contributed by atoms with E-state index in [1.807, 2.05) is 18.2 Å². The molecule has 44 heavy (non-hydrogen) atoms. The molecule has 0 atom stereocenters. The number of anilines is 1. The molecule has 0 unspecified atom stereocenters. The third-order valence-corrected chi connectivity index (χ3v) is 9.00. The number of carbonyl (C=O) groups excluding carboxylic acids is 1. The van der Waals surface area contributed by atoms with Crippen molar-refractivity contribution < 1.29 is 32.2 Å². The fraction of sp³-hybridized carbons (Fsp3) is 0.161. The van der Waals surface area contributed by atoms with Gasteiger partial charge < -0.3 is 18.9 Å². The van der Waals surface area contributed by atoms with E-state index in [4.69, 9.17) is 30.5 Å². The maximum absolute atomic E-state index is 13.6. The lowest BCUT2D eigenvalue weighted by atomic mass is 10.2. The number of benzene rings is 4. The summed E-state index contributed by atoms with van der Waals surface area (Å²) in [5.41, 5.74) is 3.99. The smallest absolute Gasteiger partial charge is 0.264 e. The van der Waals surface area contributed by atoms with Gasteiger partial charge in [0, 0.05) is 16.7 Å². The Kier molecular flexibility index (Phi) is 11.1. The third-order valence-electron chi connectivity index (χ3n) is 6.26. The summed E-state index contributed by atoms with van der Waals surface area (Å²) < 4.78 is 50.9. The maximum Gasteiger partial charge on any atom is 0.264 e. The number of rotatable bonds is 13. The van der Waals surface area contributed by atoms with Crippen LogP contribution in [0.15, 0.2) is 99.4 Å². The first-order chi connectivity index (χ1) is 21.2. The molecule has 0 spiro atoms. The van der Waals surface area contributed by atoms with Crippen molar-refractivity contribution in [1.29, 1.82) is 0 Å². The Bertz CT molecular complexity index is 1750. The molecule has 0 aromatic heterocycles. The zero-order valence-electron chi connectivity index (χ0n) is 24.0. The Hall–Kier alpha value is -4.26. The molecule has 0 bridgehead atoms. The van der Waals surface area contributed by atoms with Crippen molar-refractivity contribution in [3.8, 4) is 23.0 Å². The number of halogens is 2. The Morgan fingerprint density at radius 2 is 1.59 bits per heavy atom. The van der Waals surface area contributed by atoms with Crippen LogP contribution in [-0.4, -0.2) is 48.4 Å². The summed E-state index contributed by atoms with van der Waals surface area (Å²) in [5, 5.41) is 4.62. The summed E-state index contributed by atoms with van der Waals surface area (Å²) in [7, 11) is 0.267. The van der Waals surface area contributed by atoms with Crippen LogP contribution in [0.5, 0.6) is 23.0 Å². The van der Waals surface area contributed by atoms with Crippen molar-refractivity contribution in [1.82, 2.24) is 5.43 Å². The van der Waals surface area contributed by atoms with Crippen molar-refractivity contribution in [2.24, 2.45) is 5.10 Å². The van der Waals surface area contributed by atoms with Crippen LogP contribution < -0.4 is 28.7 Å². The highest BCUT2D eigenvalue weighted by molar-refractivity contribution is 9.10. The Morgan fingerprint density at radius 3 is 2.27 bits per heavy atom. The monoisotopic (exact) mass is 701 g/mol. The molecular weight excluding hydrogens is 674 g/mol. The van der Waals surface area contributed by atoms with Gasteiger partial charge in [0.2, 0.25) is 0 Å². The molecule has 0 aliphatic rings. The van der Waals surface area contributed by atoms with Crippen LogP contribution in [0.25, 0.3) is 0 Å².